The zero-order valence-electron chi connectivity index (χ0n) is 56.1. The average Bonchev–Trinajstić information content (AvgIpc) is 3.11. The number of fused-ring (bicyclic) bond motifs is 10. The van der Waals surface area contributed by atoms with E-state index in [1.54, 1.807) is 0 Å². The second-order valence-corrected chi connectivity index (χ2v) is 11.6. The van der Waals surface area contributed by atoms with Crippen molar-refractivity contribution in [3.63, 3.8) is 0 Å². The first-order valence-corrected chi connectivity index (χ1v) is 15.6. The second-order valence-electron chi connectivity index (χ2n) is 11.6. The topological polar surface area (TPSA) is 13.1 Å². The Morgan fingerprint density at radius 2 is 0.981 bits per heavy atom. The molecule has 1 heteroatoms. The van der Waals surface area contributed by atoms with Gasteiger partial charge in [-0.1, -0.05) is 169 Å². The Hall–Kier alpha value is -6.70. The summed E-state index contributed by atoms with van der Waals surface area (Å²) in [5, 5.41) is -6.86. The Balaban J connectivity index is 1.36. The molecule has 0 aliphatic carbocycles. The van der Waals surface area contributed by atoms with E-state index in [1.165, 1.54) is 0 Å². The summed E-state index contributed by atoms with van der Waals surface area (Å²) >= 11 is 0. The van der Waals surface area contributed by atoms with Crippen LogP contribution in [0.3, 0.4) is 0 Å². The monoisotopic (exact) mass is 690 g/mol. The summed E-state index contributed by atoms with van der Waals surface area (Å²) in [6.07, 6.45) is -1.03. The lowest BCUT2D eigenvalue weighted by Gasteiger charge is -2.18. The van der Waals surface area contributed by atoms with Gasteiger partial charge >= 0.3 is 0 Å². The van der Waals surface area contributed by atoms with Crippen LogP contribution < -0.4 is 0 Å². The molecule has 0 fully saturated rings. The maximum atomic E-state index is 9.88. The van der Waals surface area contributed by atoms with Crippen molar-refractivity contribution in [3.8, 4) is 22.3 Å². The molecule has 1 aromatic heterocycles. The molecular weight excluding hydrogens is 629 g/mol. The SMILES string of the molecule is [2H]c1c([2H])c(Cc2c3c([2H])c([2H])c([2H])c([2H])c3c(-c3c([2H])c([2H])c([2H])c4oc5c6c([2H])c([2H])c([2H])c([2H])c6c([2H])c([2H])c5c34)c3c([2H])c([2H])c([2H])c([2H])c23)c([2H])c(-c2c([2H])c([2H])c([2H])c3c([2H])c([2H])c4c([2H])c([2H])c([2H])c([2H])c4c23)c1[2H]. The third-order valence-electron chi connectivity index (χ3n) is 8.88. The van der Waals surface area contributed by atoms with E-state index >= 15 is 0 Å². The second kappa shape index (κ2) is 11.4. The Labute approximate surface area is 343 Å². The van der Waals surface area contributed by atoms with Gasteiger partial charge in [-0.15, -0.1) is 0 Å². The van der Waals surface area contributed by atoms with E-state index in [1.807, 2.05) is 0 Å². The fourth-order valence-corrected chi connectivity index (χ4v) is 6.71. The summed E-state index contributed by atoms with van der Waals surface area (Å²) in [5.74, 6) is 0. The van der Waals surface area contributed by atoms with Crippen LogP contribution >= 0.6 is 0 Å². The summed E-state index contributed by atoms with van der Waals surface area (Å²) in [5.41, 5.74) is -5.16. The van der Waals surface area contributed by atoms with Gasteiger partial charge in [-0.3, -0.25) is 0 Å². The molecule has 0 saturated carbocycles. The van der Waals surface area contributed by atoms with E-state index in [-0.39, 0.29) is 0 Å². The number of hydrogen-bond donors (Lipinski definition) is 0. The highest BCUT2D eigenvalue weighted by Gasteiger charge is 2.20. The molecule has 10 aromatic carbocycles. The molecule has 0 unspecified atom stereocenters. The van der Waals surface area contributed by atoms with Crippen LogP contribution in [0.1, 0.15) is 52.2 Å². The van der Waals surface area contributed by atoms with E-state index in [0.717, 1.165) is 0 Å². The van der Waals surface area contributed by atoms with Gasteiger partial charge in [0.15, 0.2) is 0 Å². The standard InChI is InChI=1S/C51H32O/c1-3-17-37-33(13-1)26-27-35-15-10-23-38(48(35)37)36-16-9-12-32(30-36)31-46-40-19-5-7-21-42(40)49(43-22-8-6-20-41(43)46)44-24-11-25-47-50(44)45-29-28-34-14-2-4-18-39(34)51(45)52-47/h1-30H,31H2/i1D,2D,3D,4D,5D,6D,7D,8D,9D,10D,11D,12D,13D,14D,15D,16D,17D,18D,19D,20D,21D,22D,23D,24D,25D,26D,27D,28D,29D,30D. The molecule has 0 bridgehead atoms. The lowest BCUT2D eigenvalue weighted by atomic mass is 9.85. The van der Waals surface area contributed by atoms with Crippen molar-refractivity contribution in [2.45, 2.75) is 6.42 Å². The smallest absolute Gasteiger partial charge is 0.143 e. The molecule has 11 aromatic rings. The Morgan fingerprint density at radius 1 is 0.404 bits per heavy atom. The van der Waals surface area contributed by atoms with Crippen molar-refractivity contribution >= 4 is 75.8 Å². The Morgan fingerprint density at radius 3 is 1.77 bits per heavy atom. The molecule has 1 nitrogen and oxygen atoms in total. The molecule has 0 aliphatic heterocycles. The molecule has 242 valence electrons. The minimum absolute atomic E-state index is 0.460. The van der Waals surface area contributed by atoms with E-state index in [2.05, 4.69) is 0 Å². The number of furan rings is 1. The van der Waals surface area contributed by atoms with Gasteiger partial charge in [0.25, 0.3) is 0 Å². The van der Waals surface area contributed by atoms with Gasteiger partial charge < -0.3 is 4.42 Å². The third kappa shape index (κ3) is 4.36. The van der Waals surface area contributed by atoms with Gasteiger partial charge in [0.05, 0.1) is 41.1 Å². The molecule has 0 aliphatic rings. The van der Waals surface area contributed by atoms with Gasteiger partial charge in [0.1, 0.15) is 11.2 Å². The summed E-state index contributed by atoms with van der Waals surface area (Å²) in [7, 11) is 0. The Kier molecular flexibility index (Phi) is 2.68. The normalized spacial score (nSPS) is 20.0. The predicted molar refractivity (Wildman–Crippen MR) is 221 cm³/mol. The van der Waals surface area contributed by atoms with Crippen LogP contribution in [-0.4, -0.2) is 0 Å². The number of rotatable bonds is 4. The van der Waals surface area contributed by atoms with Crippen molar-refractivity contribution in [1.29, 1.82) is 0 Å². The molecule has 0 radical (unpaired) electrons. The molecule has 0 amide bonds. The van der Waals surface area contributed by atoms with Gasteiger partial charge in [-0.05, 0) is 100 Å². The summed E-state index contributed by atoms with van der Waals surface area (Å²) in [4.78, 5) is 0. The molecule has 1 heterocycles. The largest absolute Gasteiger partial charge is 0.455 e. The highest BCUT2D eigenvalue weighted by molar-refractivity contribution is 6.24. The molecule has 0 atom stereocenters. The summed E-state index contributed by atoms with van der Waals surface area (Å²) in [6.45, 7) is 0. The molecule has 0 N–H and O–H groups in total. The number of benzene rings is 10. The van der Waals surface area contributed by atoms with Crippen LogP contribution in [0.2, 0.25) is 0 Å². The fourth-order valence-electron chi connectivity index (χ4n) is 6.71. The van der Waals surface area contributed by atoms with Crippen molar-refractivity contribution in [2.24, 2.45) is 0 Å². The molecule has 0 saturated heterocycles. The van der Waals surface area contributed by atoms with Crippen LogP contribution in [-0.2, 0) is 6.42 Å². The minimum Gasteiger partial charge on any atom is -0.455 e. The van der Waals surface area contributed by atoms with E-state index in [9.17, 15) is 15.1 Å². The average molecular weight is 691 g/mol. The predicted octanol–water partition coefficient (Wildman–Crippen LogP) is 14.3. The van der Waals surface area contributed by atoms with Gasteiger partial charge in [0.2, 0.25) is 0 Å². The molecule has 11 rings (SSSR count). The maximum Gasteiger partial charge on any atom is 0.143 e. The highest BCUT2D eigenvalue weighted by atomic mass is 16.3. The summed E-state index contributed by atoms with van der Waals surface area (Å²) < 4.78 is 278. The van der Waals surface area contributed by atoms with Crippen LogP contribution in [0.15, 0.2) is 186 Å². The first-order valence-electron chi connectivity index (χ1n) is 30.6. The van der Waals surface area contributed by atoms with Gasteiger partial charge in [0, 0.05) is 16.2 Å². The van der Waals surface area contributed by atoms with Gasteiger partial charge in [-0.25, -0.2) is 0 Å². The Bertz CT molecular complexity index is 4870. The van der Waals surface area contributed by atoms with Crippen LogP contribution in [0, 0.1) is 0 Å². The van der Waals surface area contributed by atoms with Crippen molar-refractivity contribution in [1.82, 2.24) is 0 Å². The van der Waals surface area contributed by atoms with Crippen LogP contribution in [0.5, 0.6) is 0 Å². The minimum atomic E-state index is -1.03. The first kappa shape index (κ1) is 12.2. The lowest BCUT2D eigenvalue weighted by Crippen LogP contribution is -1.96. The van der Waals surface area contributed by atoms with Gasteiger partial charge in [-0.2, -0.15) is 0 Å². The fraction of sp³-hybridized carbons (Fsp3) is 0.0196. The van der Waals surface area contributed by atoms with Crippen molar-refractivity contribution in [3.05, 3.63) is 192 Å². The third-order valence-corrected chi connectivity index (χ3v) is 8.88. The van der Waals surface area contributed by atoms with E-state index < -0.39 is 297 Å². The number of hydrogen-bond acceptors (Lipinski definition) is 1. The zero-order valence-corrected chi connectivity index (χ0v) is 26.1. The molecular formula is C51H32O. The summed E-state index contributed by atoms with van der Waals surface area (Å²) in [6, 6.07) is -26.8. The zero-order chi connectivity index (χ0) is 60.3. The maximum absolute atomic E-state index is 9.88. The van der Waals surface area contributed by atoms with E-state index in [0.29, 0.717) is 0 Å². The van der Waals surface area contributed by atoms with Crippen LogP contribution in [0.25, 0.3) is 98.1 Å². The quantitative estimate of drug-likeness (QED) is 0.132. The molecule has 0 spiro atoms. The first-order chi connectivity index (χ1) is 38.3. The van der Waals surface area contributed by atoms with Crippen molar-refractivity contribution in [2.75, 3.05) is 0 Å². The van der Waals surface area contributed by atoms with E-state index in [4.69, 9.17) is 30.5 Å². The highest BCUT2D eigenvalue weighted by Crippen LogP contribution is 2.46. The van der Waals surface area contributed by atoms with Crippen LogP contribution in [0.4, 0.5) is 0 Å². The van der Waals surface area contributed by atoms with Crippen molar-refractivity contribution < 1.29 is 45.5 Å². The molecule has 52 heavy (non-hydrogen) atoms. The lowest BCUT2D eigenvalue weighted by molar-refractivity contribution is 0.673.